The molecule has 2 aromatic rings. The first-order chi connectivity index (χ1) is 9.24. The molecule has 102 valence electrons. The second-order valence-corrected chi connectivity index (χ2v) is 5.16. The summed E-state index contributed by atoms with van der Waals surface area (Å²) in [5, 5.41) is 9.67. The average Bonchev–Trinajstić information content (AvgIpc) is 2.93. The van der Waals surface area contributed by atoms with E-state index < -0.39 is 0 Å². The summed E-state index contributed by atoms with van der Waals surface area (Å²) in [7, 11) is 0. The molecule has 1 atom stereocenters. The van der Waals surface area contributed by atoms with Crippen LogP contribution in [0.25, 0.3) is 0 Å². The lowest BCUT2D eigenvalue weighted by atomic mass is 10.2. The molecule has 2 rings (SSSR count). The minimum Gasteiger partial charge on any atom is -0.360 e. The van der Waals surface area contributed by atoms with Crippen LogP contribution in [0.2, 0.25) is 0 Å². The van der Waals surface area contributed by atoms with Crippen LogP contribution in [0.15, 0.2) is 17.8 Å². The van der Waals surface area contributed by atoms with Gasteiger partial charge in [0.2, 0.25) is 5.95 Å². The molecule has 0 saturated carbocycles. The van der Waals surface area contributed by atoms with Gasteiger partial charge in [-0.2, -0.15) is 4.98 Å². The molecule has 1 unspecified atom stereocenters. The van der Waals surface area contributed by atoms with Crippen LogP contribution in [0.4, 0.5) is 11.8 Å². The summed E-state index contributed by atoms with van der Waals surface area (Å²) in [5.41, 5.74) is 1.04. The van der Waals surface area contributed by atoms with E-state index in [-0.39, 0.29) is 6.04 Å². The molecule has 0 amide bonds. The van der Waals surface area contributed by atoms with Crippen LogP contribution in [0, 0.1) is 6.92 Å². The summed E-state index contributed by atoms with van der Waals surface area (Å²) in [4.78, 5) is 13.1. The van der Waals surface area contributed by atoms with Gasteiger partial charge >= 0.3 is 0 Å². The highest BCUT2D eigenvalue weighted by molar-refractivity contribution is 7.09. The lowest BCUT2D eigenvalue weighted by molar-refractivity contribution is 0.735. The van der Waals surface area contributed by atoms with Gasteiger partial charge in [-0.3, -0.25) is 0 Å². The third kappa shape index (κ3) is 3.41. The first-order valence-electron chi connectivity index (χ1n) is 6.48. The smallest absolute Gasteiger partial charge is 0.224 e. The number of aromatic nitrogens is 3. The first-order valence-corrected chi connectivity index (χ1v) is 7.36. The zero-order valence-electron chi connectivity index (χ0n) is 11.5. The molecule has 2 N–H and O–H groups in total. The number of nitrogens with one attached hydrogen (secondary N) is 2. The van der Waals surface area contributed by atoms with Crippen molar-refractivity contribution in [3.05, 3.63) is 28.3 Å². The summed E-state index contributed by atoms with van der Waals surface area (Å²) in [6.07, 6.45) is 4.64. The highest BCUT2D eigenvalue weighted by atomic mass is 32.1. The van der Waals surface area contributed by atoms with E-state index in [4.69, 9.17) is 0 Å². The molecule has 0 bridgehead atoms. The van der Waals surface area contributed by atoms with Crippen molar-refractivity contribution in [1.29, 1.82) is 0 Å². The largest absolute Gasteiger partial charge is 0.360 e. The van der Waals surface area contributed by atoms with Gasteiger partial charge in [0.25, 0.3) is 0 Å². The summed E-state index contributed by atoms with van der Waals surface area (Å²) in [6.45, 7) is 6.99. The summed E-state index contributed by atoms with van der Waals surface area (Å²) in [5.74, 6) is 1.53. The quantitative estimate of drug-likeness (QED) is 0.848. The minimum absolute atomic E-state index is 0.197. The van der Waals surface area contributed by atoms with Crippen molar-refractivity contribution in [3.8, 4) is 0 Å². The summed E-state index contributed by atoms with van der Waals surface area (Å²) < 4.78 is 0. The SMILES string of the molecule is CCNc1ncc(C)c(NC(CC)c2nccs2)n1. The molecule has 0 aromatic carbocycles. The van der Waals surface area contributed by atoms with Gasteiger partial charge in [0.15, 0.2) is 0 Å². The number of thiazole rings is 1. The van der Waals surface area contributed by atoms with E-state index in [0.29, 0.717) is 5.95 Å². The maximum Gasteiger partial charge on any atom is 0.224 e. The molecule has 0 aliphatic heterocycles. The molecule has 0 spiro atoms. The monoisotopic (exact) mass is 277 g/mol. The predicted octanol–water partition coefficient (Wildman–Crippen LogP) is 3.24. The molecule has 2 aromatic heterocycles. The van der Waals surface area contributed by atoms with Crippen LogP contribution in [0.5, 0.6) is 0 Å². The van der Waals surface area contributed by atoms with Gasteiger partial charge in [0.05, 0.1) is 6.04 Å². The van der Waals surface area contributed by atoms with E-state index in [1.165, 1.54) is 0 Å². The van der Waals surface area contributed by atoms with E-state index >= 15 is 0 Å². The van der Waals surface area contributed by atoms with E-state index in [1.54, 1.807) is 11.3 Å². The molecule has 2 heterocycles. The number of anilines is 2. The predicted molar refractivity (Wildman–Crippen MR) is 79.7 cm³/mol. The van der Waals surface area contributed by atoms with Crippen molar-refractivity contribution in [2.45, 2.75) is 33.2 Å². The third-order valence-corrected chi connectivity index (χ3v) is 3.66. The molecule has 0 fully saturated rings. The molecule has 6 heteroatoms. The Labute approximate surface area is 117 Å². The molecular weight excluding hydrogens is 258 g/mol. The normalized spacial score (nSPS) is 12.2. The van der Waals surface area contributed by atoms with Crippen molar-refractivity contribution >= 4 is 23.1 Å². The Hall–Kier alpha value is -1.69. The van der Waals surface area contributed by atoms with Crippen molar-refractivity contribution in [2.75, 3.05) is 17.2 Å². The Kier molecular flexibility index (Phi) is 4.68. The summed E-state index contributed by atoms with van der Waals surface area (Å²) >= 11 is 1.66. The zero-order valence-corrected chi connectivity index (χ0v) is 12.3. The highest BCUT2D eigenvalue weighted by Crippen LogP contribution is 2.25. The molecule has 0 aliphatic rings. The van der Waals surface area contributed by atoms with Gasteiger partial charge in [-0.1, -0.05) is 6.92 Å². The number of nitrogens with zero attached hydrogens (tertiary/aromatic N) is 3. The van der Waals surface area contributed by atoms with Crippen LogP contribution in [-0.4, -0.2) is 21.5 Å². The average molecular weight is 277 g/mol. The van der Waals surface area contributed by atoms with E-state index in [0.717, 1.165) is 29.4 Å². The van der Waals surface area contributed by atoms with Gasteiger partial charge in [0, 0.05) is 29.9 Å². The maximum absolute atomic E-state index is 4.50. The third-order valence-electron chi connectivity index (χ3n) is 2.78. The van der Waals surface area contributed by atoms with Crippen LogP contribution >= 0.6 is 11.3 Å². The number of hydrogen-bond donors (Lipinski definition) is 2. The van der Waals surface area contributed by atoms with Crippen molar-refractivity contribution < 1.29 is 0 Å². The summed E-state index contributed by atoms with van der Waals surface area (Å²) in [6, 6.07) is 0.197. The van der Waals surface area contributed by atoms with Crippen molar-refractivity contribution in [3.63, 3.8) is 0 Å². The van der Waals surface area contributed by atoms with Gasteiger partial charge < -0.3 is 10.6 Å². The van der Waals surface area contributed by atoms with E-state index in [1.807, 2.05) is 31.6 Å². The molecular formula is C13H19N5S. The van der Waals surface area contributed by atoms with Crippen molar-refractivity contribution in [1.82, 2.24) is 15.0 Å². The van der Waals surface area contributed by atoms with E-state index in [9.17, 15) is 0 Å². The Balaban J connectivity index is 2.19. The zero-order chi connectivity index (χ0) is 13.7. The van der Waals surface area contributed by atoms with Gasteiger partial charge in [-0.25, -0.2) is 9.97 Å². The van der Waals surface area contributed by atoms with Gasteiger partial charge in [0.1, 0.15) is 10.8 Å². The lowest BCUT2D eigenvalue weighted by Gasteiger charge is -2.17. The first kappa shape index (κ1) is 13.7. The topological polar surface area (TPSA) is 62.7 Å². The van der Waals surface area contributed by atoms with Gasteiger partial charge in [-0.05, 0) is 20.3 Å². The number of aryl methyl sites for hydroxylation is 1. The fraction of sp³-hybridized carbons (Fsp3) is 0.462. The molecule has 0 saturated heterocycles. The standard InChI is InChI=1S/C13H19N5S/c1-4-10(12-15-6-7-19-12)17-11-9(3)8-16-13(18-11)14-5-2/h6-8,10H,4-5H2,1-3H3,(H2,14,16,17,18). The Morgan fingerprint density at radius 3 is 2.79 bits per heavy atom. The van der Waals surface area contributed by atoms with Crippen LogP contribution < -0.4 is 10.6 Å². The minimum atomic E-state index is 0.197. The van der Waals surface area contributed by atoms with Crippen LogP contribution in [-0.2, 0) is 0 Å². The fourth-order valence-corrected chi connectivity index (χ4v) is 2.51. The molecule has 0 radical (unpaired) electrons. The second kappa shape index (κ2) is 6.47. The van der Waals surface area contributed by atoms with Gasteiger partial charge in [-0.15, -0.1) is 11.3 Å². The fourth-order valence-electron chi connectivity index (χ4n) is 1.74. The Morgan fingerprint density at radius 1 is 1.32 bits per heavy atom. The highest BCUT2D eigenvalue weighted by Gasteiger charge is 2.14. The second-order valence-electron chi connectivity index (χ2n) is 4.23. The van der Waals surface area contributed by atoms with Crippen LogP contribution in [0.1, 0.15) is 36.9 Å². The molecule has 0 aliphatic carbocycles. The Morgan fingerprint density at radius 2 is 2.16 bits per heavy atom. The number of hydrogen-bond acceptors (Lipinski definition) is 6. The molecule has 19 heavy (non-hydrogen) atoms. The Bertz CT molecular complexity index is 512. The maximum atomic E-state index is 4.50. The number of rotatable bonds is 6. The van der Waals surface area contributed by atoms with Crippen LogP contribution in [0.3, 0.4) is 0 Å². The van der Waals surface area contributed by atoms with E-state index in [2.05, 4.69) is 32.5 Å². The van der Waals surface area contributed by atoms with Crippen molar-refractivity contribution in [2.24, 2.45) is 0 Å². The lowest BCUT2D eigenvalue weighted by Crippen LogP contribution is -2.13. The molecule has 5 nitrogen and oxygen atoms in total.